The third kappa shape index (κ3) is 2.04. The zero-order valence-electron chi connectivity index (χ0n) is 9.50. The Bertz CT molecular complexity index is 546. The van der Waals surface area contributed by atoms with E-state index in [-0.39, 0.29) is 5.82 Å². The summed E-state index contributed by atoms with van der Waals surface area (Å²) in [7, 11) is 0. The van der Waals surface area contributed by atoms with E-state index in [1.54, 1.807) is 6.07 Å². The van der Waals surface area contributed by atoms with Gasteiger partial charge in [-0.3, -0.25) is 0 Å². The molecular formula is C13H14ClFN2. The molecule has 1 aliphatic carbocycles. The maximum atomic E-state index is 13.6. The molecule has 2 aromatic rings. The predicted octanol–water partition coefficient (Wildman–Crippen LogP) is 3.71. The third-order valence-corrected chi connectivity index (χ3v) is 3.63. The number of aryl methyl sites for hydroxylation is 1. The fraction of sp³-hybridized carbons (Fsp3) is 0.462. The molecule has 1 aliphatic rings. The van der Waals surface area contributed by atoms with Crippen LogP contribution in [-0.4, -0.2) is 9.55 Å². The van der Waals surface area contributed by atoms with Crippen LogP contribution in [0, 0.1) is 11.7 Å². The molecule has 3 rings (SSSR count). The van der Waals surface area contributed by atoms with Crippen molar-refractivity contribution in [2.24, 2.45) is 5.92 Å². The summed E-state index contributed by atoms with van der Waals surface area (Å²) in [5, 5.41) is 0. The first-order valence-electron chi connectivity index (χ1n) is 5.99. The smallest absolute Gasteiger partial charge is 0.151 e. The topological polar surface area (TPSA) is 17.8 Å². The van der Waals surface area contributed by atoms with Crippen LogP contribution in [0.25, 0.3) is 11.0 Å². The van der Waals surface area contributed by atoms with Gasteiger partial charge in [0.05, 0.1) is 11.4 Å². The Hall–Kier alpha value is -1.09. The van der Waals surface area contributed by atoms with Gasteiger partial charge in [0.15, 0.2) is 5.82 Å². The molecule has 1 saturated carbocycles. The number of rotatable bonds is 4. The molecule has 0 amide bonds. The highest BCUT2D eigenvalue weighted by Gasteiger charge is 2.22. The first-order valence-corrected chi connectivity index (χ1v) is 6.52. The summed E-state index contributed by atoms with van der Waals surface area (Å²) in [4.78, 5) is 4.29. The van der Waals surface area contributed by atoms with E-state index >= 15 is 0 Å². The first kappa shape index (κ1) is 11.0. The summed E-state index contributed by atoms with van der Waals surface area (Å²) in [6, 6.07) is 5.08. The second-order valence-electron chi connectivity index (χ2n) is 4.65. The zero-order chi connectivity index (χ0) is 11.8. The predicted molar refractivity (Wildman–Crippen MR) is 66.6 cm³/mol. The normalized spacial score (nSPS) is 15.6. The number of benzene rings is 1. The van der Waals surface area contributed by atoms with Crippen LogP contribution in [0.3, 0.4) is 0 Å². The van der Waals surface area contributed by atoms with Gasteiger partial charge in [0.2, 0.25) is 0 Å². The molecule has 0 unspecified atom stereocenters. The summed E-state index contributed by atoms with van der Waals surface area (Å²) < 4.78 is 15.7. The lowest BCUT2D eigenvalue weighted by Gasteiger charge is -2.06. The Balaban J connectivity index is 2.02. The van der Waals surface area contributed by atoms with Crippen LogP contribution in [0.5, 0.6) is 0 Å². The Kier molecular flexibility index (Phi) is 2.79. The highest BCUT2D eigenvalue weighted by Crippen LogP contribution is 2.33. The van der Waals surface area contributed by atoms with Crippen molar-refractivity contribution in [3.63, 3.8) is 0 Å². The van der Waals surface area contributed by atoms with Crippen LogP contribution in [0.15, 0.2) is 18.2 Å². The molecule has 0 spiro atoms. The summed E-state index contributed by atoms with van der Waals surface area (Å²) in [6.07, 6.45) is 3.81. The van der Waals surface area contributed by atoms with Gasteiger partial charge >= 0.3 is 0 Å². The van der Waals surface area contributed by atoms with E-state index in [2.05, 4.69) is 9.55 Å². The Morgan fingerprint density at radius 2 is 2.24 bits per heavy atom. The average Bonchev–Trinajstić information content (AvgIpc) is 3.08. The number of hydrogen-bond donors (Lipinski definition) is 0. The molecule has 0 saturated heterocycles. The van der Waals surface area contributed by atoms with E-state index in [4.69, 9.17) is 11.6 Å². The molecule has 17 heavy (non-hydrogen) atoms. The van der Waals surface area contributed by atoms with E-state index in [9.17, 15) is 4.39 Å². The van der Waals surface area contributed by atoms with Crippen LogP contribution < -0.4 is 0 Å². The molecule has 0 radical (unpaired) electrons. The average molecular weight is 253 g/mol. The third-order valence-electron chi connectivity index (χ3n) is 3.39. The van der Waals surface area contributed by atoms with Crippen molar-refractivity contribution in [3.05, 3.63) is 29.8 Å². The van der Waals surface area contributed by atoms with Crippen LogP contribution in [0.2, 0.25) is 0 Å². The van der Waals surface area contributed by atoms with Crippen LogP contribution in [0.4, 0.5) is 4.39 Å². The highest BCUT2D eigenvalue weighted by molar-refractivity contribution is 6.16. The van der Waals surface area contributed by atoms with E-state index in [0.29, 0.717) is 11.4 Å². The lowest BCUT2D eigenvalue weighted by Crippen LogP contribution is -2.03. The van der Waals surface area contributed by atoms with Gasteiger partial charge < -0.3 is 4.57 Å². The summed E-state index contributed by atoms with van der Waals surface area (Å²) in [5.74, 6) is 1.69. The van der Waals surface area contributed by atoms with Crippen LogP contribution in [-0.2, 0) is 12.4 Å². The summed E-state index contributed by atoms with van der Waals surface area (Å²) in [6.45, 7) is 0.896. The molecular weight excluding hydrogens is 239 g/mol. The van der Waals surface area contributed by atoms with Crippen molar-refractivity contribution in [1.29, 1.82) is 0 Å². The largest absolute Gasteiger partial charge is 0.327 e. The molecule has 1 fully saturated rings. The molecule has 1 aromatic heterocycles. The van der Waals surface area contributed by atoms with Gasteiger partial charge in [-0.2, -0.15) is 0 Å². The van der Waals surface area contributed by atoms with E-state index in [1.807, 2.05) is 6.07 Å². The molecule has 1 aromatic carbocycles. The fourth-order valence-electron chi connectivity index (χ4n) is 2.23. The summed E-state index contributed by atoms with van der Waals surface area (Å²) in [5.41, 5.74) is 1.31. The molecule has 1 heterocycles. The molecule has 0 N–H and O–H groups in total. The molecule has 90 valence electrons. The zero-order valence-corrected chi connectivity index (χ0v) is 10.3. The van der Waals surface area contributed by atoms with E-state index in [0.717, 1.165) is 30.2 Å². The minimum absolute atomic E-state index is 0.265. The monoisotopic (exact) mass is 252 g/mol. The van der Waals surface area contributed by atoms with Gasteiger partial charge in [0.25, 0.3) is 0 Å². The van der Waals surface area contributed by atoms with Gasteiger partial charge in [0.1, 0.15) is 11.3 Å². The fourth-order valence-corrected chi connectivity index (χ4v) is 2.43. The van der Waals surface area contributed by atoms with Crippen molar-refractivity contribution >= 4 is 22.6 Å². The number of alkyl halides is 1. The number of nitrogens with zero attached hydrogens (tertiary/aromatic N) is 2. The maximum Gasteiger partial charge on any atom is 0.151 e. The van der Waals surface area contributed by atoms with Crippen molar-refractivity contribution in [2.75, 3.05) is 0 Å². The van der Waals surface area contributed by atoms with Gasteiger partial charge in [0, 0.05) is 6.54 Å². The number of fused-ring (bicyclic) bond motifs is 1. The number of para-hydroxylation sites is 1. The number of halogens is 2. The van der Waals surface area contributed by atoms with Crippen molar-refractivity contribution in [1.82, 2.24) is 9.55 Å². The maximum absolute atomic E-state index is 13.6. The number of aromatic nitrogens is 2. The molecule has 0 bridgehead atoms. The quantitative estimate of drug-likeness (QED) is 0.759. The minimum atomic E-state index is -0.265. The Morgan fingerprint density at radius 3 is 2.94 bits per heavy atom. The second kappa shape index (κ2) is 4.30. The lowest BCUT2D eigenvalue weighted by molar-refractivity contribution is 0.594. The first-order chi connectivity index (χ1) is 8.29. The van der Waals surface area contributed by atoms with Gasteiger partial charge in [-0.15, -0.1) is 11.6 Å². The van der Waals surface area contributed by atoms with Crippen molar-refractivity contribution in [2.45, 2.75) is 31.7 Å². The molecule has 0 atom stereocenters. The second-order valence-corrected chi connectivity index (χ2v) is 4.92. The number of hydrogen-bond acceptors (Lipinski definition) is 1. The van der Waals surface area contributed by atoms with E-state index < -0.39 is 0 Å². The standard InChI is InChI=1S/C13H14ClFN2/c14-8-12-16-13-10(15)2-1-3-11(13)17(12)7-6-9-4-5-9/h1-3,9H,4-8H2. The lowest BCUT2D eigenvalue weighted by atomic mass is 10.2. The van der Waals surface area contributed by atoms with Crippen LogP contribution >= 0.6 is 11.6 Å². The Labute approximate surface area is 104 Å². The minimum Gasteiger partial charge on any atom is -0.327 e. The van der Waals surface area contributed by atoms with Gasteiger partial charge in [-0.25, -0.2) is 9.37 Å². The van der Waals surface area contributed by atoms with Crippen LogP contribution in [0.1, 0.15) is 25.1 Å². The van der Waals surface area contributed by atoms with Gasteiger partial charge in [-0.05, 0) is 24.5 Å². The summed E-state index contributed by atoms with van der Waals surface area (Å²) >= 11 is 5.88. The SMILES string of the molecule is Fc1cccc2c1nc(CCl)n2CCC1CC1. The highest BCUT2D eigenvalue weighted by atomic mass is 35.5. The molecule has 0 aliphatic heterocycles. The van der Waals surface area contributed by atoms with E-state index in [1.165, 1.54) is 18.9 Å². The van der Waals surface area contributed by atoms with Crippen molar-refractivity contribution < 1.29 is 4.39 Å². The molecule has 2 nitrogen and oxygen atoms in total. The Morgan fingerprint density at radius 1 is 1.41 bits per heavy atom. The van der Waals surface area contributed by atoms with Gasteiger partial charge in [-0.1, -0.05) is 18.9 Å². The number of imidazole rings is 1. The molecule has 4 heteroatoms. The van der Waals surface area contributed by atoms with Crippen molar-refractivity contribution in [3.8, 4) is 0 Å².